The van der Waals surface area contributed by atoms with Crippen molar-refractivity contribution in [3.8, 4) is 0 Å². The van der Waals surface area contributed by atoms with Crippen molar-refractivity contribution < 1.29 is 0 Å². The van der Waals surface area contributed by atoms with Gasteiger partial charge in [-0.3, -0.25) is 0 Å². The summed E-state index contributed by atoms with van der Waals surface area (Å²) in [6, 6.07) is 0. The lowest BCUT2D eigenvalue weighted by molar-refractivity contribution is 0.300. The third-order valence-electron chi connectivity index (χ3n) is 4.80. The van der Waals surface area contributed by atoms with Crippen LogP contribution in [0.1, 0.15) is 66.7 Å². The molecule has 0 bridgehead atoms. The minimum absolute atomic E-state index is 0.937. The second-order valence-corrected chi connectivity index (χ2v) is 6.16. The summed E-state index contributed by atoms with van der Waals surface area (Å²) in [6.45, 7) is 12.0. The Balaban J connectivity index is 2.10. The molecular weight excluding hydrogens is 180 g/mol. The molecule has 1 aliphatic carbocycles. The van der Waals surface area contributed by atoms with Gasteiger partial charge in [0.2, 0.25) is 0 Å². The van der Waals surface area contributed by atoms with E-state index in [9.17, 15) is 0 Å². The van der Waals surface area contributed by atoms with E-state index >= 15 is 0 Å². The minimum atomic E-state index is 0.937. The standard InChI is InChI=1S/C15H30/c1-6-11(2)8-7-9-12(3)14(5)15-10-13(15)4/h11-15H,6-10H2,1-5H3. The average Bonchev–Trinajstić information content (AvgIpc) is 2.93. The van der Waals surface area contributed by atoms with Crippen LogP contribution in [0.25, 0.3) is 0 Å². The summed E-state index contributed by atoms with van der Waals surface area (Å²) in [5, 5.41) is 0. The predicted molar refractivity (Wildman–Crippen MR) is 68.9 cm³/mol. The number of rotatable bonds is 7. The lowest BCUT2D eigenvalue weighted by Crippen LogP contribution is -2.11. The van der Waals surface area contributed by atoms with Crippen molar-refractivity contribution in [2.24, 2.45) is 29.6 Å². The Morgan fingerprint density at radius 1 is 1.13 bits per heavy atom. The van der Waals surface area contributed by atoms with Gasteiger partial charge in [-0.15, -0.1) is 0 Å². The first-order chi connectivity index (χ1) is 7.06. The van der Waals surface area contributed by atoms with Crippen molar-refractivity contribution in [3.05, 3.63) is 0 Å². The summed E-state index contributed by atoms with van der Waals surface area (Å²) < 4.78 is 0. The minimum Gasteiger partial charge on any atom is -0.0651 e. The molecule has 0 spiro atoms. The molecule has 1 fully saturated rings. The fourth-order valence-electron chi connectivity index (χ4n) is 2.76. The van der Waals surface area contributed by atoms with Crippen molar-refractivity contribution >= 4 is 0 Å². The Labute approximate surface area is 96.8 Å². The average molecular weight is 210 g/mol. The Hall–Kier alpha value is 0. The van der Waals surface area contributed by atoms with Gasteiger partial charge in [0.25, 0.3) is 0 Å². The fourth-order valence-corrected chi connectivity index (χ4v) is 2.76. The third kappa shape index (κ3) is 4.17. The van der Waals surface area contributed by atoms with Gasteiger partial charge in [0.1, 0.15) is 0 Å². The molecule has 0 radical (unpaired) electrons. The van der Waals surface area contributed by atoms with Crippen molar-refractivity contribution in [1.29, 1.82) is 0 Å². The van der Waals surface area contributed by atoms with Crippen molar-refractivity contribution in [2.75, 3.05) is 0 Å². The second-order valence-electron chi connectivity index (χ2n) is 6.16. The molecule has 0 saturated heterocycles. The highest BCUT2D eigenvalue weighted by Gasteiger charge is 2.38. The van der Waals surface area contributed by atoms with Gasteiger partial charge in [-0.05, 0) is 36.0 Å². The largest absolute Gasteiger partial charge is 0.0651 e. The van der Waals surface area contributed by atoms with Crippen molar-refractivity contribution in [3.63, 3.8) is 0 Å². The van der Waals surface area contributed by atoms with Gasteiger partial charge >= 0.3 is 0 Å². The smallest absolute Gasteiger partial charge is 0.0357 e. The van der Waals surface area contributed by atoms with Crippen molar-refractivity contribution in [2.45, 2.75) is 66.7 Å². The molecule has 1 aliphatic rings. The Bertz CT molecular complexity index is 173. The summed E-state index contributed by atoms with van der Waals surface area (Å²) in [4.78, 5) is 0. The SMILES string of the molecule is CCC(C)CCCC(C)C(C)C1CC1C. The van der Waals surface area contributed by atoms with E-state index in [0.717, 1.165) is 29.6 Å². The maximum Gasteiger partial charge on any atom is -0.0357 e. The molecule has 0 N–H and O–H groups in total. The zero-order valence-electron chi connectivity index (χ0n) is 11.4. The summed E-state index contributed by atoms with van der Waals surface area (Å²) in [6.07, 6.45) is 7.19. The Morgan fingerprint density at radius 3 is 2.20 bits per heavy atom. The molecule has 90 valence electrons. The first-order valence-corrected chi connectivity index (χ1v) is 7.06. The maximum atomic E-state index is 2.47. The highest BCUT2D eigenvalue weighted by Crippen LogP contribution is 2.47. The summed E-state index contributed by atoms with van der Waals surface area (Å²) >= 11 is 0. The van der Waals surface area contributed by atoms with E-state index in [1.807, 2.05) is 0 Å². The van der Waals surface area contributed by atoms with Gasteiger partial charge in [-0.1, -0.05) is 60.3 Å². The van der Waals surface area contributed by atoms with E-state index in [1.165, 1.54) is 32.1 Å². The van der Waals surface area contributed by atoms with Crippen LogP contribution in [0, 0.1) is 29.6 Å². The zero-order chi connectivity index (χ0) is 11.4. The number of hydrogen-bond acceptors (Lipinski definition) is 0. The molecule has 0 aromatic heterocycles. The van der Waals surface area contributed by atoms with Crippen LogP contribution >= 0.6 is 0 Å². The highest BCUT2D eigenvalue weighted by molar-refractivity contribution is 4.88. The normalized spacial score (nSPS) is 31.0. The third-order valence-corrected chi connectivity index (χ3v) is 4.80. The quantitative estimate of drug-likeness (QED) is 0.546. The van der Waals surface area contributed by atoms with E-state index in [4.69, 9.17) is 0 Å². The zero-order valence-corrected chi connectivity index (χ0v) is 11.4. The Morgan fingerprint density at radius 2 is 1.73 bits per heavy atom. The first kappa shape index (κ1) is 13.1. The molecule has 1 rings (SSSR count). The molecule has 5 unspecified atom stereocenters. The van der Waals surface area contributed by atoms with E-state index in [-0.39, 0.29) is 0 Å². The lowest BCUT2D eigenvalue weighted by atomic mass is 9.85. The molecule has 15 heavy (non-hydrogen) atoms. The molecular formula is C15H30. The summed E-state index contributed by atoms with van der Waals surface area (Å²) in [5.74, 6) is 4.94. The van der Waals surface area contributed by atoms with Gasteiger partial charge in [-0.2, -0.15) is 0 Å². The molecule has 0 aromatic rings. The molecule has 1 saturated carbocycles. The monoisotopic (exact) mass is 210 g/mol. The highest BCUT2D eigenvalue weighted by atomic mass is 14.4. The molecule has 0 heteroatoms. The summed E-state index contributed by atoms with van der Waals surface area (Å²) in [5.41, 5.74) is 0. The van der Waals surface area contributed by atoms with Crippen LogP contribution in [0.5, 0.6) is 0 Å². The summed E-state index contributed by atoms with van der Waals surface area (Å²) in [7, 11) is 0. The van der Waals surface area contributed by atoms with E-state index in [0.29, 0.717) is 0 Å². The van der Waals surface area contributed by atoms with Crippen molar-refractivity contribution in [1.82, 2.24) is 0 Å². The van der Waals surface area contributed by atoms with Gasteiger partial charge in [0, 0.05) is 0 Å². The number of hydrogen-bond donors (Lipinski definition) is 0. The molecule has 0 heterocycles. The molecule has 0 aliphatic heterocycles. The molecule has 0 aromatic carbocycles. The Kier molecular flexibility index (Phi) is 5.15. The van der Waals surface area contributed by atoms with Crippen LogP contribution in [-0.2, 0) is 0 Å². The first-order valence-electron chi connectivity index (χ1n) is 7.06. The molecule has 0 amide bonds. The van der Waals surface area contributed by atoms with E-state index in [2.05, 4.69) is 34.6 Å². The second kappa shape index (κ2) is 5.92. The van der Waals surface area contributed by atoms with Crippen LogP contribution in [0.4, 0.5) is 0 Å². The van der Waals surface area contributed by atoms with Crippen LogP contribution in [-0.4, -0.2) is 0 Å². The van der Waals surface area contributed by atoms with Gasteiger partial charge < -0.3 is 0 Å². The van der Waals surface area contributed by atoms with Crippen LogP contribution < -0.4 is 0 Å². The topological polar surface area (TPSA) is 0 Å². The van der Waals surface area contributed by atoms with Gasteiger partial charge in [0.15, 0.2) is 0 Å². The van der Waals surface area contributed by atoms with E-state index in [1.54, 1.807) is 0 Å². The fraction of sp³-hybridized carbons (Fsp3) is 1.00. The predicted octanol–water partition coefficient (Wildman–Crippen LogP) is 5.13. The maximum absolute atomic E-state index is 2.47. The lowest BCUT2D eigenvalue weighted by Gasteiger charge is -2.20. The van der Waals surface area contributed by atoms with Gasteiger partial charge in [-0.25, -0.2) is 0 Å². The van der Waals surface area contributed by atoms with E-state index < -0.39 is 0 Å². The molecule has 0 nitrogen and oxygen atoms in total. The van der Waals surface area contributed by atoms with Crippen LogP contribution in [0.2, 0.25) is 0 Å². The molecule has 5 atom stereocenters. The van der Waals surface area contributed by atoms with Crippen LogP contribution in [0.3, 0.4) is 0 Å². The van der Waals surface area contributed by atoms with Gasteiger partial charge in [0.05, 0.1) is 0 Å². The van der Waals surface area contributed by atoms with Crippen LogP contribution in [0.15, 0.2) is 0 Å².